The molecule has 0 aliphatic carbocycles. The van der Waals surface area contributed by atoms with Crippen LogP contribution in [-0.4, -0.2) is 17.7 Å². The Hall–Kier alpha value is -0.960. The number of carbonyl (C=O) groups excluding carboxylic acids is 1. The molecular formula is C15H23NOS. The van der Waals surface area contributed by atoms with Gasteiger partial charge in [-0.1, -0.05) is 31.0 Å². The maximum Gasteiger partial charge on any atom is 0.221 e. The highest BCUT2D eigenvalue weighted by molar-refractivity contribution is 7.99. The number of aryl methyl sites for hydroxylation is 1. The molecule has 0 saturated carbocycles. The predicted molar refractivity (Wildman–Crippen MR) is 79.0 cm³/mol. The van der Waals surface area contributed by atoms with E-state index < -0.39 is 0 Å². The third-order valence-electron chi connectivity index (χ3n) is 2.75. The molecule has 3 heteroatoms. The van der Waals surface area contributed by atoms with Crippen molar-refractivity contribution in [3.63, 3.8) is 0 Å². The molecule has 2 nitrogen and oxygen atoms in total. The van der Waals surface area contributed by atoms with E-state index in [2.05, 4.69) is 50.4 Å². The van der Waals surface area contributed by atoms with Crippen LogP contribution in [0.5, 0.6) is 0 Å². The Balaban J connectivity index is 2.21. The van der Waals surface area contributed by atoms with Crippen molar-refractivity contribution in [1.82, 2.24) is 5.32 Å². The zero-order valence-corrected chi connectivity index (χ0v) is 12.3. The average molecular weight is 265 g/mol. The van der Waals surface area contributed by atoms with Gasteiger partial charge in [-0.2, -0.15) is 0 Å². The highest BCUT2D eigenvalue weighted by Gasteiger charge is 2.06. The Morgan fingerprint density at radius 3 is 2.61 bits per heavy atom. The maximum absolute atomic E-state index is 11.6. The van der Waals surface area contributed by atoms with Crippen molar-refractivity contribution in [2.45, 2.75) is 51.0 Å². The molecule has 18 heavy (non-hydrogen) atoms. The summed E-state index contributed by atoms with van der Waals surface area (Å²) in [5, 5.41) is 3.02. The second kappa shape index (κ2) is 8.20. The van der Waals surface area contributed by atoms with Crippen molar-refractivity contribution in [1.29, 1.82) is 0 Å². The molecule has 0 fully saturated rings. The number of nitrogens with one attached hydrogen (secondary N) is 1. The summed E-state index contributed by atoms with van der Waals surface area (Å²) >= 11 is 1.74. The van der Waals surface area contributed by atoms with E-state index in [1.54, 1.807) is 11.8 Å². The Kier molecular flexibility index (Phi) is 6.88. The molecule has 1 aromatic carbocycles. The monoisotopic (exact) mass is 265 g/mol. The van der Waals surface area contributed by atoms with E-state index in [0.29, 0.717) is 12.5 Å². The van der Waals surface area contributed by atoms with Crippen molar-refractivity contribution in [3.8, 4) is 0 Å². The van der Waals surface area contributed by atoms with Crippen LogP contribution >= 0.6 is 11.8 Å². The van der Waals surface area contributed by atoms with Crippen LogP contribution in [0.15, 0.2) is 29.2 Å². The maximum atomic E-state index is 11.6. The fourth-order valence-corrected chi connectivity index (χ4v) is 2.60. The third kappa shape index (κ3) is 6.10. The molecule has 0 radical (unpaired) electrons. The molecule has 0 spiro atoms. The molecule has 1 N–H and O–H groups in total. The van der Waals surface area contributed by atoms with Gasteiger partial charge in [-0.05, 0) is 32.4 Å². The normalized spacial score (nSPS) is 12.2. The molecule has 1 unspecified atom stereocenters. The van der Waals surface area contributed by atoms with Gasteiger partial charge < -0.3 is 5.32 Å². The van der Waals surface area contributed by atoms with Crippen LogP contribution in [0.1, 0.15) is 38.7 Å². The van der Waals surface area contributed by atoms with Crippen LogP contribution in [0, 0.1) is 6.92 Å². The number of hydrogen-bond donors (Lipinski definition) is 1. The molecule has 0 bridgehead atoms. The number of carbonyl (C=O) groups is 1. The van der Waals surface area contributed by atoms with Crippen molar-refractivity contribution < 1.29 is 4.79 Å². The molecule has 0 aliphatic rings. The number of thioether (sulfide) groups is 1. The van der Waals surface area contributed by atoms with E-state index in [1.807, 2.05) is 0 Å². The Labute approximate surface area is 115 Å². The molecule has 0 heterocycles. The van der Waals surface area contributed by atoms with E-state index in [1.165, 1.54) is 10.5 Å². The second-order valence-electron chi connectivity index (χ2n) is 4.67. The Morgan fingerprint density at radius 2 is 2.00 bits per heavy atom. The van der Waals surface area contributed by atoms with Crippen LogP contribution in [0.3, 0.4) is 0 Å². The van der Waals surface area contributed by atoms with Crippen molar-refractivity contribution in [2.75, 3.05) is 5.75 Å². The van der Waals surface area contributed by atoms with Crippen molar-refractivity contribution in [3.05, 3.63) is 29.8 Å². The zero-order chi connectivity index (χ0) is 13.4. The molecule has 1 rings (SSSR count). The van der Waals surface area contributed by atoms with Gasteiger partial charge in [0.05, 0.1) is 0 Å². The molecule has 1 atom stereocenters. The first-order chi connectivity index (χ1) is 8.61. The van der Waals surface area contributed by atoms with Gasteiger partial charge in [0.15, 0.2) is 0 Å². The lowest BCUT2D eigenvalue weighted by atomic mass is 10.2. The minimum absolute atomic E-state index is 0.163. The fourth-order valence-electron chi connectivity index (χ4n) is 1.75. The molecule has 100 valence electrons. The number of benzene rings is 1. The first-order valence-corrected chi connectivity index (χ1v) is 7.59. The lowest BCUT2D eigenvalue weighted by molar-refractivity contribution is -0.121. The zero-order valence-electron chi connectivity index (χ0n) is 11.5. The van der Waals surface area contributed by atoms with Gasteiger partial charge in [0, 0.05) is 23.1 Å². The fraction of sp³-hybridized carbons (Fsp3) is 0.533. The highest BCUT2D eigenvalue weighted by atomic mass is 32.2. The van der Waals surface area contributed by atoms with Gasteiger partial charge in [-0.25, -0.2) is 0 Å². The van der Waals surface area contributed by atoms with E-state index in [0.717, 1.165) is 18.6 Å². The van der Waals surface area contributed by atoms with Crippen LogP contribution in [0.25, 0.3) is 0 Å². The molecule has 0 aliphatic heterocycles. The van der Waals surface area contributed by atoms with Crippen LogP contribution in [0.4, 0.5) is 0 Å². The van der Waals surface area contributed by atoms with Gasteiger partial charge in [0.2, 0.25) is 5.91 Å². The standard InChI is InChI=1S/C15H23NOS/c1-4-5-13(3)16-15(17)10-11-18-14-8-6-12(2)7-9-14/h6-9,13H,4-5,10-11H2,1-3H3,(H,16,17). The van der Waals surface area contributed by atoms with Crippen LogP contribution in [0.2, 0.25) is 0 Å². The minimum atomic E-state index is 0.163. The summed E-state index contributed by atoms with van der Waals surface area (Å²) in [6.07, 6.45) is 2.75. The van der Waals surface area contributed by atoms with Gasteiger partial charge in [-0.15, -0.1) is 11.8 Å². The van der Waals surface area contributed by atoms with Gasteiger partial charge in [0.1, 0.15) is 0 Å². The number of amides is 1. The lowest BCUT2D eigenvalue weighted by Gasteiger charge is -2.12. The average Bonchev–Trinajstić information content (AvgIpc) is 2.32. The first-order valence-electron chi connectivity index (χ1n) is 6.60. The van der Waals surface area contributed by atoms with E-state index in [-0.39, 0.29) is 5.91 Å². The quantitative estimate of drug-likeness (QED) is 0.760. The van der Waals surface area contributed by atoms with Gasteiger partial charge in [0.25, 0.3) is 0 Å². The largest absolute Gasteiger partial charge is 0.354 e. The summed E-state index contributed by atoms with van der Waals surface area (Å²) in [6.45, 7) is 6.28. The summed E-state index contributed by atoms with van der Waals surface area (Å²) in [4.78, 5) is 12.9. The highest BCUT2D eigenvalue weighted by Crippen LogP contribution is 2.18. The topological polar surface area (TPSA) is 29.1 Å². The van der Waals surface area contributed by atoms with Gasteiger partial charge >= 0.3 is 0 Å². The van der Waals surface area contributed by atoms with Crippen LogP contribution in [-0.2, 0) is 4.79 Å². The molecule has 1 aromatic rings. The van der Waals surface area contributed by atoms with Crippen molar-refractivity contribution >= 4 is 17.7 Å². The second-order valence-corrected chi connectivity index (χ2v) is 5.84. The third-order valence-corrected chi connectivity index (χ3v) is 3.76. The summed E-state index contributed by atoms with van der Waals surface area (Å²) in [6, 6.07) is 8.72. The summed E-state index contributed by atoms with van der Waals surface area (Å²) in [5.74, 6) is 1.00. The smallest absolute Gasteiger partial charge is 0.221 e. The van der Waals surface area contributed by atoms with Crippen molar-refractivity contribution in [2.24, 2.45) is 0 Å². The summed E-state index contributed by atoms with van der Waals surface area (Å²) < 4.78 is 0. The van der Waals surface area contributed by atoms with Gasteiger partial charge in [-0.3, -0.25) is 4.79 Å². The van der Waals surface area contributed by atoms with E-state index >= 15 is 0 Å². The minimum Gasteiger partial charge on any atom is -0.354 e. The molecule has 0 saturated heterocycles. The molecule has 1 amide bonds. The van der Waals surface area contributed by atoms with Crippen LogP contribution < -0.4 is 5.32 Å². The first kappa shape index (κ1) is 15.1. The van der Waals surface area contributed by atoms with E-state index in [4.69, 9.17) is 0 Å². The SMILES string of the molecule is CCCC(C)NC(=O)CCSc1ccc(C)cc1. The van der Waals surface area contributed by atoms with E-state index in [9.17, 15) is 4.79 Å². The number of rotatable bonds is 7. The molecule has 0 aromatic heterocycles. The predicted octanol–water partition coefficient (Wildman–Crippen LogP) is 3.78. The summed E-state index contributed by atoms with van der Waals surface area (Å²) in [5.41, 5.74) is 1.27. The lowest BCUT2D eigenvalue weighted by Crippen LogP contribution is -2.32. The Bertz CT molecular complexity index is 361. The number of hydrogen-bond acceptors (Lipinski definition) is 2. The summed E-state index contributed by atoms with van der Waals surface area (Å²) in [7, 11) is 0. The molecular weight excluding hydrogens is 242 g/mol. The Morgan fingerprint density at radius 1 is 1.33 bits per heavy atom.